The average Bonchev–Trinajstić information content (AvgIpc) is 1.97. The van der Waals surface area contributed by atoms with Crippen LogP contribution >= 0.6 is 0 Å². The highest BCUT2D eigenvalue weighted by molar-refractivity contribution is 4.60. The summed E-state index contributed by atoms with van der Waals surface area (Å²) in [7, 11) is 0. The van der Waals surface area contributed by atoms with Crippen molar-refractivity contribution in [2.45, 2.75) is 31.7 Å². The van der Waals surface area contributed by atoms with Crippen LogP contribution in [0.3, 0.4) is 0 Å². The maximum atomic E-state index is 8.46. The molecular weight excluding hydrogens is 128 g/mol. The third-order valence-electron chi connectivity index (χ3n) is 1.51. The Balaban J connectivity index is 3.00. The number of rotatable bonds is 6. The van der Waals surface area contributed by atoms with Gasteiger partial charge < -0.3 is 16.6 Å². The summed E-state index contributed by atoms with van der Waals surface area (Å²) in [5.41, 5.74) is 11.0. The standard InChI is InChI=1S/C7H18N2O/c8-5-1-3-7(9)4-2-6-10/h7,10H,1-6,8-9H2. The van der Waals surface area contributed by atoms with E-state index < -0.39 is 0 Å². The molecule has 0 aliphatic carbocycles. The summed E-state index contributed by atoms with van der Waals surface area (Å²) in [6.07, 6.45) is 3.70. The van der Waals surface area contributed by atoms with Crippen LogP contribution in [-0.2, 0) is 0 Å². The van der Waals surface area contributed by atoms with Crippen LogP contribution in [0.25, 0.3) is 0 Å². The Morgan fingerprint density at radius 1 is 1.20 bits per heavy atom. The van der Waals surface area contributed by atoms with Crippen LogP contribution in [0.5, 0.6) is 0 Å². The van der Waals surface area contributed by atoms with Gasteiger partial charge in [0.1, 0.15) is 0 Å². The van der Waals surface area contributed by atoms with Crippen molar-refractivity contribution in [3.63, 3.8) is 0 Å². The first-order valence-electron chi connectivity index (χ1n) is 3.87. The van der Waals surface area contributed by atoms with Crippen LogP contribution in [0, 0.1) is 0 Å². The summed E-state index contributed by atoms with van der Waals surface area (Å²) in [6, 6.07) is 0.232. The molecule has 3 heteroatoms. The lowest BCUT2D eigenvalue weighted by molar-refractivity contribution is 0.278. The second-order valence-corrected chi connectivity index (χ2v) is 2.56. The lowest BCUT2D eigenvalue weighted by Gasteiger charge is -2.08. The molecule has 62 valence electrons. The van der Waals surface area contributed by atoms with Gasteiger partial charge in [0.15, 0.2) is 0 Å². The van der Waals surface area contributed by atoms with E-state index in [-0.39, 0.29) is 12.6 Å². The fraction of sp³-hybridized carbons (Fsp3) is 1.00. The van der Waals surface area contributed by atoms with Crippen molar-refractivity contribution in [1.82, 2.24) is 0 Å². The molecule has 0 radical (unpaired) electrons. The van der Waals surface area contributed by atoms with E-state index >= 15 is 0 Å². The summed E-state index contributed by atoms with van der Waals surface area (Å²) < 4.78 is 0. The highest BCUT2D eigenvalue weighted by Gasteiger charge is 1.99. The zero-order chi connectivity index (χ0) is 7.82. The second kappa shape index (κ2) is 6.99. The topological polar surface area (TPSA) is 72.3 Å². The van der Waals surface area contributed by atoms with Crippen molar-refractivity contribution in [2.75, 3.05) is 13.2 Å². The molecule has 0 aliphatic rings. The molecular formula is C7H18N2O. The quantitative estimate of drug-likeness (QED) is 0.487. The lowest BCUT2D eigenvalue weighted by Crippen LogP contribution is -2.21. The molecule has 0 aromatic rings. The van der Waals surface area contributed by atoms with E-state index in [1.807, 2.05) is 0 Å². The van der Waals surface area contributed by atoms with E-state index in [0.717, 1.165) is 25.7 Å². The molecule has 5 N–H and O–H groups in total. The van der Waals surface area contributed by atoms with Crippen molar-refractivity contribution in [2.24, 2.45) is 11.5 Å². The van der Waals surface area contributed by atoms with Gasteiger partial charge in [0.05, 0.1) is 0 Å². The Morgan fingerprint density at radius 2 is 1.80 bits per heavy atom. The Morgan fingerprint density at radius 3 is 2.30 bits per heavy atom. The zero-order valence-electron chi connectivity index (χ0n) is 6.42. The largest absolute Gasteiger partial charge is 0.396 e. The lowest BCUT2D eigenvalue weighted by atomic mass is 10.1. The third-order valence-corrected chi connectivity index (χ3v) is 1.51. The summed E-state index contributed by atoms with van der Waals surface area (Å²) >= 11 is 0. The van der Waals surface area contributed by atoms with Crippen LogP contribution in [-0.4, -0.2) is 24.3 Å². The van der Waals surface area contributed by atoms with E-state index in [4.69, 9.17) is 16.6 Å². The number of nitrogens with two attached hydrogens (primary N) is 2. The molecule has 0 aromatic heterocycles. The molecule has 0 spiro atoms. The fourth-order valence-electron chi connectivity index (χ4n) is 0.878. The van der Waals surface area contributed by atoms with Gasteiger partial charge in [-0.2, -0.15) is 0 Å². The van der Waals surface area contributed by atoms with Gasteiger partial charge in [-0.25, -0.2) is 0 Å². The molecule has 10 heavy (non-hydrogen) atoms. The molecule has 0 heterocycles. The van der Waals surface area contributed by atoms with Crippen molar-refractivity contribution in [3.05, 3.63) is 0 Å². The van der Waals surface area contributed by atoms with E-state index in [1.165, 1.54) is 0 Å². The van der Waals surface area contributed by atoms with Gasteiger partial charge in [-0.3, -0.25) is 0 Å². The van der Waals surface area contributed by atoms with Crippen molar-refractivity contribution in [1.29, 1.82) is 0 Å². The molecule has 0 saturated heterocycles. The van der Waals surface area contributed by atoms with Gasteiger partial charge in [-0.05, 0) is 32.2 Å². The molecule has 0 fully saturated rings. The van der Waals surface area contributed by atoms with E-state index in [9.17, 15) is 0 Å². The molecule has 1 atom stereocenters. The first-order chi connectivity index (χ1) is 4.81. The summed E-state index contributed by atoms with van der Waals surface area (Å²) in [5.74, 6) is 0. The number of hydrogen-bond donors (Lipinski definition) is 3. The molecule has 1 unspecified atom stereocenters. The van der Waals surface area contributed by atoms with Gasteiger partial charge in [0.2, 0.25) is 0 Å². The Kier molecular flexibility index (Phi) is 6.91. The van der Waals surface area contributed by atoms with Gasteiger partial charge >= 0.3 is 0 Å². The predicted molar refractivity (Wildman–Crippen MR) is 42.6 cm³/mol. The van der Waals surface area contributed by atoms with Crippen LogP contribution < -0.4 is 11.5 Å². The van der Waals surface area contributed by atoms with Crippen molar-refractivity contribution >= 4 is 0 Å². The van der Waals surface area contributed by atoms with Crippen molar-refractivity contribution < 1.29 is 5.11 Å². The smallest absolute Gasteiger partial charge is 0.0431 e. The number of aliphatic hydroxyl groups is 1. The van der Waals surface area contributed by atoms with Crippen LogP contribution in [0.4, 0.5) is 0 Å². The van der Waals surface area contributed by atoms with Gasteiger partial charge in [-0.15, -0.1) is 0 Å². The number of hydrogen-bond acceptors (Lipinski definition) is 3. The number of aliphatic hydroxyl groups excluding tert-OH is 1. The Labute approximate surface area is 62.4 Å². The normalized spacial score (nSPS) is 13.5. The Hall–Kier alpha value is -0.120. The van der Waals surface area contributed by atoms with Gasteiger partial charge in [0, 0.05) is 12.6 Å². The highest BCUT2D eigenvalue weighted by Crippen LogP contribution is 2.00. The molecule has 0 rings (SSSR count). The molecule has 0 bridgehead atoms. The Bertz CT molecular complexity index is 60.6. The minimum Gasteiger partial charge on any atom is -0.396 e. The fourth-order valence-corrected chi connectivity index (χ4v) is 0.878. The molecule has 0 aliphatic heterocycles. The van der Waals surface area contributed by atoms with Gasteiger partial charge in [-0.1, -0.05) is 0 Å². The van der Waals surface area contributed by atoms with E-state index in [2.05, 4.69) is 0 Å². The molecule has 3 nitrogen and oxygen atoms in total. The monoisotopic (exact) mass is 146 g/mol. The molecule has 0 amide bonds. The maximum absolute atomic E-state index is 8.46. The SMILES string of the molecule is NCCCC(N)CCCO. The van der Waals surface area contributed by atoms with Crippen LogP contribution in [0.1, 0.15) is 25.7 Å². The first kappa shape index (κ1) is 9.88. The summed E-state index contributed by atoms with van der Waals surface area (Å²) in [6.45, 7) is 0.961. The first-order valence-corrected chi connectivity index (χ1v) is 3.87. The van der Waals surface area contributed by atoms with Crippen LogP contribution in [0.2, 0.25) is 0 Å². The summed E-state index contributed by atoms with van der Waals surface area (Å²) in [5, 5.41) is 8.46. The van der Waals surface area contributed by atoms with E-state index in [1.54, 1.807) is 0 Å². The molecule has 0 saturated carbocycles. The second-order valence-electron chi connectivity index (χ2n) is 2.56. The minimum atomic E-state index is 0.232. The van der Waals surface area contributed by atoms with Crippen molar-refractivity contribution in [3.8, 4) is 0 Å². The molecule has 0 aromatic carbocycles. The zero-order valence-corrected chi connectivity index (χ0v) is 6.42. The maximum Gasteiger partial charge on any atom is 0.0431 e. The van der Waals surface area contributed by atoms with E-state index in [0.29, 0.717) is 6.54 Å². The van der Waals surface area contributed by atoms with Gasteiger partial charge in [0.25, 0.3) is 0 Å². The average molecular weight is 146 g/mol. The third kappa shape index (κ3) is 6.01. The predicted octanol–water partition coefficient (Wildman–Crippen LogP) is -0.175. The highest BCUT2D eigenvalue weighted by atomic mass is 16.2. The minimum absolute atomic E-state index is 0.232. The van der Waals surface area contributed by atoms with Crippen LogP contribution in [0.15, 0.2) is 0 Å². The summed E-state index contributed by atoms with van der Waals surface area (Å²) in [4.78, 5) is 0.